The predicted octanol–water partition coefficient (Wildman–Crippen LogP) is 4.49. The van der Waals surface area contributed by atoms with Crippen LogP contribution in [0.25, 0.3) is 0 Å². The molecule has 4 unspecified atom stereocenters. The van der Waals surface area contributed by atoms with Crippen LogP contribution < -0.4 is 0 Å². The highest BCUT2D eigenvalue weighted by Crippen LogP contribution is 2.63. The highest BCUT2D eigenvalue weighted by atomic mass is 16.6. The number of carbonyl (C=O) groups is 1. The average Bonchev–Trinajstić information content (AvgIpc) is 2.63. The van der Waals surface area contributed by atoms with Crippen LogP contribution in [0.5, 0.6) is 0 Å². The van der Waals surface area contributed by atoms with Gasteiger partial charge in [-0.25, -0.2) is 4.79 Å². The molecule has 2 saturated heterocycles. The fraction of sp³-hybridized carbons (Fsp3) is 0.885. The normalized spacial score (nSPS) is 46.4. The lowest BCUT2D eigenvalue weighted by molar-refractivity contribution is -0.288. The molecule has 6 fully saturated rings. The van der Waals surface area contributed by atoms with Gasteiger partial charge >= 0.3 is 5.97 Å². The van der Waals surface area contributed by atoms with E-state index in [2.05, 4.69) is 20.4 Å². The van der Waals surface area contributed by atoms with E-state index in [1.165, 1.54) is 0 Å². The smallest absolute Gasteiger partial charge is 0.333 e. The molecule has 0 aromatic carbocycles. The Morgan fingerprint density at radius 3 is 1.72 bits per heavy atom. The molecule has 180 valence electrons. The van der Waals surface area contributed by atoms with Gasteiger partial charge in [-0.1, -0.05) is 6.58 Å². The molecule has 0 spiro atoms. The van der Waals surface area contributed by atoms with Gasteiger partial charge in [0.05, 0.1) is 48.8 Å². The van der Waals surface area contributed by atoms with Crippen molar-refractivity contribution in [3.8, 4) is 0 Å². The van der Waals surface area contributed by atoms with Crippen LogP contribution in [0.3, 0.4) is 0 Å². The number of hydrogen-bond donors (Lipinski definition) is 0. The Bertz CT molecular complexity index is 724. The van der Waals surface area contributed by atoms with Crippen LogP contribution in [-0.4, -0.2) is 60.4 Å². The topological polar surface area (TPSA) is 63.2 Å². The minimum absolute atomic E-state index is 0.0429. The first-order valence-corrected chi connectivity index (χ1v) is 12.5. The van der Waals surface area contributed by atoms with E-state index in [1.54, 1.807) is 6.92 Å². The summed E-state index contributed by atoms with van der Waals surface area (Å²) in [5, 5.41) is 0. The van der Waals surface area contributed by atoms with Crippen molar-refractivity contribution in [3.05, 3.63) is 12.2 Å². The summed E-state index contributed by atoms with van der Waals surface area (Å²) in [5.74, 6) is 0.165. The van der Waals surface area contributed by atoms with Crippen LogP contribution in [0.4, 0.5) is 0 Å². The Labute approximate surface area is 192 Å². The standard InChI is InChI=1S/C26H40O6/c1-19(2)21(27)32-26-15-20-13-24(17-26,30-11-7-22(3)5-9-28-22)16-25(14-20,18-26)31-12-8-23(4)6-10-29-23/h20H,1,5-18H2,2-4H3. The van der Waals surface area contributed by atoms with Gasteiger partial charge in [-0.05, 0) is 71.6 Å². The molecule has 2 aliphatic heterocycles. The van der Waals surface area contributed by atoms with Crippen molar-refractivity contribution >= 4 is 5.97 Å². The lowest BCUT2D eigenvalue weighted by atomic mass is 9.50. The van der Waals surface area contributed by atoms with E-state index in [0.29, 0.717) is 24.7 Å². The molecule has 2 heterocycles. The van der Waals surface area contributed by atoms with E-state index >= 15 is 0 Å². The summed E-state index contributed by atoms with van der Waals surface area (Å²) in [6, 6.07) is 0. The van der Waals surface area contributed by atoms with Crippen molar-refractivity contribution in [1.82, 2.24) is 0 Å². The molecular weight excluding hydrogens is 408 g/mol. The summed E-state index contributed by atoms with van der Waals surface area (Å²) in [5.41, 5.74) is -0.714. The Morgan fingerprint density at radius 2 is 1.31 bits per heavy atom. The third-order valence-electron chi connectivity index (χ3n) is 8.81. The highest BCUT2D eigenvalue weighted by molar-refractivity contribution is 5.87. The van der Waals surface area contributed by atoms with Gasteiger partial charge in [-0.15, -0.1) is 0 Å². The molecule has 4 aliphatic carbocycles. The van der Waals surface area contributed by atoms with Crippen molar-refractivity contribution in [1.29, 1.82) is 0 Å². The maximum absolute atomic E-state index is 12.6. The van der Waals surface area contributed by atoms with E-state index in [9.17, 15) is 4.79 Å². The highest BCUT2D eigenvalue weighted by Gasteiger charge is 2.66. The molecule has 0 aromatic heterocycles. The van der Waals surface area contributed by atoms with Gasteiger partial charge in [-0.3, -0.25) is 0 Å². The second-order valence-electron chi connectivity index (χ2n) is 12.0. The third-order valence-corrected chi connectivity index (χ3v) is 8.81. The first kappa shape index (κ1) is 22.8. The van der Waals surface area contributed by atoms with Crippen LogP contribution in [0, 0.1) is 5.92 Å². The monoisotopic (exact) mass is 448 g/mol. The van der Waals surface area contributed by atoms with Crippen LogP contribution in [-0.2, 0) is 28.5 Å². The van der Waals surface area contributed by atoms with Gasteiger partial charge in [0.1, 0.15) is 5.60 Å². The lowest BCUT2D eigenvalue weighted by Gasteiger charge is -2.65. The summed E-state index contributed by atoms with van der Waals surface area (Å²) in [6.45, 7) is 12.9. The molecule has 32 heavy (non-hydrogen) atoms. The van der Waals surface area contributed by atoms with E-state index in [1.807, 2.05) is 0 Å². The molecule has 6 nitrogen and oxygen atoms in total. The summed E-state index contributed by atoms with van der Waals surface area (Å²) >= 11 is 0. The molecule has 0 N–H and O–H groups in total. The molecule has 4 atom stereocenters. The van der Waals surface area contributed by atoms with Crippen LogP contribution >= 0.6 is 0 Å². The zero-order valence-corrected chi connectivity index (χ0v) is 20.1. The Morgan fingerprint density at radius 1 is 0.875 bits per heavy atom. The SMILES string of the molecule is C=C(C)C(=O)OC12CC3CC(OCCC4(C)CCO4)(CC(OCCC4(C)CCO4)(C3)C1)C2. The summed E-state index contributed by atoms with van der Waals surface area (Å²) < 4.78 is 31.1. The van der Waals surface area contributed by atoms with E-state index in [4.69, 9.17) is 23.7 Å². The molecule has 6 heteroatoms. The van der Waals surface area contributed by atoms with Crippen molar-refractivity contribution < 1.29 is 28.5 Å². The van der Waals surface area contributed by atoms with Crippen LogP contribution in [0.2, 0.25) is 0 Å². The molecule has 4 saturated carbocycles. The van der Waals surface area contributed by atoms with Gasteiger partial charge in [0.15, 0.2) is 0 Å². The van der Waals surface area contributed by atoms with Gasteiger partial charge in [-0.2, -0.15) is 0 Å². The lowest BCUT2D eigenvalue weighted by Crippen LogP contribution is -2.68. The Hall–Kier alpha value is -0.950. The molecule has 0 aromatic rings. The number of carbonyl (C=O) groups excluding carboxylic acids is 1. The molecule has 0 radical (unpaired) electrons. The second-order valence-corrected chi connectivity index (χ2v) is 12.0. The Kier molecular flexibility index (Phi) is 5.56. The minimum Gasteiger partial charge on any atom is -0.455 e. The van der Waals surface area contributed by atoms with Crippen molar-refractivity contribution in [2.45, 2.75) is 113 Å². The van der Waals surface area contributed by atoms with Crippen molar-refractivity contribution in [2.75, 3.05) is 26.4 Å². The summed E-state index contributed by atoms with van der Waals surface area (Å²) in [7, 11) is 0. The predicted molar refractivity (Wildman–Crippen MR) is 119 cm³/mol. The zero-order chi connectivity index (χ0) is 22.7. The maximum Gasteiger partial charge on any atom is 0.333 e. The first-order chi connectivity index (χ1) is 15.1. The fourth-order valence-corrected chi connectivity index (χ4v) is 7.16. The van der Waals surface area contributed by atoms with E-state index < -0.39 is 5.60 Å². The number of esters is 1. The summed E-state index contributed by atoms with van der Waals surface area (Å²) in [4.78, 5) is 12.6. The average molecular weight is 449 g/mol. The second kappa shape index (κ2) is 7.79. The van der Waals surface area contributed by atoms with Gasteiger partial charge in [0, 0.05) is 24.8 Å². The fourth-order valence-electron chi connectivity index (χ4n) is 7.16. The zero-order valence-electron chi connectivity index (χ0n) is 20.1. The quantitative estimate of drug-likeness (QED) is 0.362. The molecule has 4 bridgehead atoms. The maximum atomic E-state index is 12.6. The summed E-state index contributed by atoms with van der Waals surface area (Å²) in [6.07, 6.45) is 9.38. The molecule has 6 aliphatic rings. The van der Waals surface area contributed by atoms with E-state index in [0.717, 1.165) is 77.4 Å². The molecule has 0 amide bonds. The van der Waals surface area contributed by atoms with E-state index in [-0.39, 0.29) is 28.4 Å². The van der Waals surface area contributed by atoms with Crippen LogP contribution in [0.15, 0.2) is 12.2 Å². The number of rotatable bonds is 10. The van der Waals surface area contributed by atoms with Gasteiger partial charge < -0.3 is 23.7 Å². The number of ether oxygens (including phenoxy) is 5. The van der Waals surface area contributed by atoms with Crippen molar-refractivity contribution in [3.63, 3.8) is 0 Å². The van der Waals surface area contributed by atoms with Gasteiger partial charge in [0.2, 0.25) is 0 Å². The first-order valence-electron chi connectivity index (χ1n) is 12.5. The molecular formula is C26H40O6. The van der Waals surface area contributed by atoms with Gasteiger partial charge in [0.25, 0.3) is 0 Å². The largest absolute Gasteiger partial charge is 0.455 e. The number of hydrogen-bond acceptors (Lipinski definition) is 6. The molecule has 6 rings (SSSR count). The Balaban J connectivity index is 1.31. The minimum atomic E-state index is -0.511. The third kappa shape index (κ3) is 4.28. The van der Waals surface area contributed by atoms with Crippen LogP contribution in [0.1, 0.15) is 85.0 Å². The van der Waals surface area contributed by atoms with Crippen molar-refractivity contribution in [2.24, 2.45) is 5.92 Å².